The maximum Gasteiger partial charge on any atom is 0.305 e. The third kappa shape index (κ3) is 10.1. The van der Waals surface area contributed by atoms with Crippen molar-refractivity contribution in [2.24, 2.45) is 5.41 Å². The van der Waals surface area contributed by atoms with E-state index >= 15 is 0 Å². The minimum atomic E-state index is -0.883. The quantitative estimate of drug-likeness (QED) is 0.575. The second kappa shape index (κ2) is 8.08. The summed E-state index contributed by atoms with van der Waals surface area (Å²) in [7, 11) is 0. The Balaban J connectivity index is 4.22. The van der Waals surface area contributed by atoms with Gasteiger partial charge in [-0.1, -0.05) is 27.7 Å². The summed E-state index contributed by atoms with van der Waals surface area (Å²) in [6.07, 6.45) is 1.59. The Labute approximate surface area is 109 Å². The van der Waals surface area contributed by atoms with Gasteiger partial charge in [-0.05, 0) is 24.8 Å². The van der Waals surface area contributed by atoms with Gasteiger partial charge in [-0.25, -0.2) is 0 Å². The number of carbonyl (C=O) groups excluding carboxylic acids is 1. The molecule has 0 aromatic carbocycles. The van der Waals surface area contributed by atoms with Gasteiger partial charge in [0.05, 0.1) is 13.0 Å². The predicted octanol–water partition coefficient (Wildman–Crippen LogP) is 1.38. The Morgan fingerprint density at radius 1 is 1.28 bits per heavy atom. The van der Waals surface area contributed by atoms with Crippen LogP contribution in [0.1, 0.15) is 47.0 Å². The van der Waals surface area contributed by atoms with Crippen molar-refractivity contribution in [2.75, 3.05) is 13.1 Å². The first-order valence-electron chi connectivity index (χ1n) is 6.46. The summed E-state index contributed by atoms with van der Waals surface area (Å²) in [6.45, 7) is 9.15. The molecule has 0 saturated carbocycles. The Hall–Kier alpha value is -1.10. The summed E-state index contributed by atoms with van der Waals surface area (Å²) < 4.78 is 0. The van der Waals surface area contributed by atoms with Crippen LogP contribution < -0.4 is 10.6 Å². The lowest BCUT2D eigenvalue weighted by Crippen LogP contribution is -2.43. The average molecular weight is 258 g/mol. The van der Waals surface area contributed by atoms with Crippen LogP contribution in [-0.4, -0.2) is 36.1 Å². The molecular weight excluding hydrogens is 232 g/mol. The number of amides is 1. The third-order valence-electron chi connectivity index (χ3n) is 2.36. The van der Waals surface area contributed by atoms with Crippen molar-refractivity contribution in [3.05, 3.63) is 0 Å². The number of carboxylic acid groups (broad SMARTS) is 1. The highest BCUT2D eigenvalue weighted by Crippen LogP contribution is 2.22. The number of carboxylic acids is 1. The number of nitrogens with one attached hydrogen (secondary N) is 2. The second-order valence-electron chi connectivity index (χ2n) is 5.80. The van der Waals surface area contributed by atoms with Gasteiger partial charge in [-0.2, -0.15) is 0 Å². The summed E-state index contributed by atoms with van der Waals surface area (Å²) in [4.78, 5) is 22.4. The Morgan fingerprint density at radius 2 is 1.89 bits per heavy atom. The molecule has 106 valence electrons. The van der Waals surface area contributed by atoms with Crippen LogP contribution >= 0.6 is 0 Å². The molecule has 0 aromatic heterocycles. The van der Waals surface area contributed by atoms with E-state index in [-0.39, 0.29) is 30.3 Å². The van der Waals surface area contributed by atoms with Crippen LogP contribution in [0.3, 0.4) is 0 Å². The zero-order chi connectivity index (χ0) is 14.2. The highest BCUT2D eigenvalue weighted by molar-refractivity contribution is 5.79. The first-order valence-corrected chi connectivity index (χ1v) is 6.46. The number of rotatable bonds is 8. The van der Waals surface area contributed by atoms with Crippen molar-refractivity contribution in [3.63, 3.8) is 0 Å². The van der Waals surface area contributed by atoms with Crippen LogP contribution in [0.4, 0.5) is 0 Å². The van der Waals surface area contributed by atoms with Gasteiger partial charge in [0.1, 0.15) is 0 Å². The van der Waals surface area contributed by atoms with Gasteiger partial charge in [0, 0.05) is 6.04 Å². The lowest BCUT2D eigenvalue weighted by atomic mass is 9.87. The normalized spacial score (nSPS) is 13.1. The van der Waals surface area contributed by atoms with Crippen LogP contribution in [-0.2, 0) is 9.59 Å². The Bertz CT molecular complexity index is 272. The molecular formula is C13H26N2O3. The Kier molecular flexibility index (Phi) is 7.59. The van der Waals surface area contributed by atoms with E-state index in [1.165, 1.54) is 0 Å². The first-order chi connectivity index (χ1) is 8.24. The maximum absolute atomic E-state index is 11.6. The van der Waals surface area contributed by atoms with Crippen molar-refractivity contribution in [1.82, 2.24) is 10.6 Å². The van der Waals surface area contributed by atoms with Gasteiger partial charge in [-0.3, -0.25) is 9.59 Å². The van der Waals surface area contributed by atoms with Gasteiger partial charge < -0.3 is 15.7 Å². The summed E-state index contributed by atoms with van der Waals surface area (Å²) in [6, 6.07) is -0.307. The summed E-state index contributed by atoms with van der Waals surface area (Å²) in [5.41, 5.74) is -0.00968. The fourth-order valence-corrected chi connectivity index (χ4v) is 1.78. The molecule has 0 spiro atoms. The van der Waals surface area contributed by atoms with Crippen molar-refractivity contribution >= 4 is 11.9 Å². The molecule has 1 unspecified atom stereocenters. The molecule has 18 heavy (non-hydrogen) atoms. The summed E-state index contributed by atoms with van der Waals surface area (Å²) in [5.74, 6) is -1.02. The van der Waals surface area contributed by atoms with Crippen LogP contribution in [0.5, 0.6) is 0 Å². The van der Waals surface area contributed by atoms with E-state index in [2.05, 4.69) is 10.6 Å². The molecule has 0 fully saturated rings. The molecule has 0 aliphatic carbocycles. The predicted molar refractivity (Wildman–Crippen MR) is 71.4 cm³/mol. The third-order valence-corrected chi connectivity index (χ3v) is 2.36. The first kappa shape index (κ1) is 16.9. The molecule has 1 amide bonds. The number of aliphatic carboxylic acids is 1. The van der Waals surface area contributed by atoms with E-state index in [0.717, 1.165) is 13.0 Å². The van der Waals surface area contributed by atoms with Crippen LogP contribution in [0.15, 0.2) is 0 Å². The van der Waals surface area contributed by atoms with Gasteiger partial charge >= 0.3 is 5.97 Å². The standard InChI is InChI=1S/C13H26N2O3/c1-5-6-14-9-11(16)15-10(7-12(17)18)8-13(2,3)4/h10,14H,5-9H2,1-4H3,(H,15,16)(H,17,18). The minimum absolute atomic E-state index is 0.00968. The molecule has 3 N–H and O–H groups in total. The van der Waals surface area contributed by atoms with Gasteiger partial charge in [0.25, 0.3) is 0 Å². The lowest BCUT2D eigenvalue weighted by molar-refractivity contribution is -0.137. The topological polar surface area (TPSA) is 78.4 Å². The lowest BCUT2D eigenvalue weighted by Gasteiger charge is -2.25. The highest BCUT2D eigenvalue weighted by atomic mass is 16.4. The second-order valence-corrected chi connectivity index (χ2v) is 5.80. The van der Waals surface area contributed by atoms with Crippen LogP contribution in [0.25, 0.3) is 0 Å². The SMILES string of the molecule is CCCNCC(=O)NC(CC(=O)O)CC(C)(C)C. The van der Waals surface area contributed by atoms with Crippen LogP contribution in [0.2, 0.25) is 0 Å². The van der Waals surface area contributed by atoms with Crippen molar-refractivity contribution in [2.45, 2.75) is 53.0 Å². The minimum Gasteiger partial charge on any atom is -0.481 e. The molecule has 0 aromatic rings. The van der Waals surface area contributed by atoms with Gasteiger partial charge in [0.15, 0.2) is 0 Å². The molecule has 1 atom stereocenters. The molecule has 5 nitrogen and oxygen atoms in total. The van der Waals surface area contributed by atoms with E-state index in [4.69, 9.17) is 5.11 Å². The zero-order valence-corrected chi connectivity index (χ0v) is 11.9. The summed E-state index contributed by atoms with van der Waals surface area (Å²) in [5, 5.41) is 14.6. The van der Waals surface area contributed by atoms with E-state index in [9.17, 15) is 9.59 Å². The Morgan fingerprint density at radius 3 is 2.33 bits per heavy atom. The molecule has 5 heteroatoms. The number of carbonyl (C=O) groups is 2. The fraction of sp³-hybridized carbons (Fsp3) is 0.846. The molecule has 0 bridgehead atoms. The number of hydrogen-bond acceptors (Lipinski definition) is 3. The maximum atomic E-state index is 11.6. The van der Waals surface area contributed by atoms with Gasteiger partial charge in [0.2, 0.25) is 5.91 Å². The van der Waals surface area contributed by atoms with Crippen molar-refractivity contribution in [3.8, 4) is 0 Å². The van der Waals surface area contributed by atoms with Crippen LogP contribution in [0, 0.1) is 5.41 Å². The highest BCUT2D eigenvalue weighted by Gasteiger charge is 2.22. The van der Waals surface area contributed by atoms with E-state index in [0.29, 0.717) is 6.42 Å². The molecule has 0 radical (unpaired) electrons. The van der Waals surface area contributed by atoms with E-state index in [1.54, 1.807) is 0 Å². The van der Waals surface area contributed by atoms with Crippen molar-refractivity contribution < 1.29 is 14.7 Å². The average Bonchev–Trinajstić information content (AvgIpc) is 2.13. The molecule has 0 rings (SSSR count). The van der Waals surface area contributed by atoms with Gasteiger partial charge in [-0.15, -0.1) is 0 Å². The molecule has 0 aliphatic rings. The summed E-state index contributed by atoms with van der Waals surface area (Å²) >= 11 is 0. The molecule has 0 saturated heterocycles. The zero-order valence-electron chi connectivity index (χ0n) is 11.9. The fourth-order valence-electron chi connectivity index (χ4n) is 1.78. The van der Waals surface area contributed by atoms with E-state index < -0.39 is 5.97 Å². The monoisotopic (exact) mass is 258 g/mol. The molecule has 0 aliphatic heterocycles. The molecule has 0 heterocycles. The van der Waals surface area contributed by atoms with E-state index in [1.807, 2.05) is 27.7 Å². The smallest absolute Gasteiger partial charge is 0.305 e. The largest absolute Gasteiger partial charge is 0.481 e. The van der Waals surface area contributed by atoms with Crippen molar-refractivity contribution in [1.29, 1.82) is 0 Å². The number of hydrogen-bond donors (Lipinski definition) is 3.